The molecule has 1 heterocycles. The van der Waals surface area contributed by atoms with Crippen LogP contribution in [0, 0.1) is 11.8 Å². The van der Waals surface area contributed by atoms with E-state index in [1.54, 1.807) is 18.2 Å². The Morgan fingerprint density at radius 3 is 2.23 bits per heavy atom. The second-order valence-electron chi connectivity index (χ2n) is 9.25. The zero-order valence-electron chi connectivity index (χ0n) is 20.4. The summed E-state index contributed by atoms with van der Waals surface area (Å²) in [6.07, 6.45) is 6.09. The van der Waals surface area contributed by atoms with E-state index < -0.39 is 6.04 Å². The Morgan fingerprint density at radius 1 is 1.06 bits per heavy atom. The molecule has 3 rings (SSSR count). The molecule has 4 atom stereocenters. The van der Waals surface area contributed by atoms with Crippen molar-refractivity contribution >= 4 is 46.8 Å². The third kappa shape index (κ3) is 6.25. The van der Waals surface area contributed by atoms with Crippen molar-refractivity contribution in [2.45, 2.75) is 71.5 Å². The lowest BCUT2D eigenvalue weighted by Crippen LogP contribution is -2.51. The molecule has 1 aromatic rings. The van der Waals surface area contributed by atoms with Gasteiger partial charge in [0.15, 0.2) is 0 Å². The number of amides is 4. The number of hydrogen-bond donors (Lipinski definition) is 1. The molecule has 7 nitrogen and oxygen atoms in total. The van der Waals surface area contributed by atoms with E-state index in [1.807, 2.05) is 32.9 Å². The number of carbonyl (C=O) groups excluding carboxylic acids is 4. The second-order valence-corrected chi connectivity index (χ2v) is 10.1. The molecule has 1 fully saturated rings. The van der Waals surface area contributed by atoms with Crippen molar-refractivity contribution in [1.82, 2.24) is 15.1 Å². The number of rotatable bonds is 10. The fraction of sp³-hybridized carbons (Fsp3) is 0.538. The number of nitrogens with zero attached hydrogens (tertiary/aromatic N) is 2. The van der Waals surface area contributed by atoms with E-state index in [9.17, 15) is 19.2 Å². The molecule has 0 radical (unpaired) electrons. The van der Waals surface area contributed by atoms with Crippen molar-refractivity contribution < 1.29 is 19.2 Å². The highest BCUT2D eigenvalue weighted by atomic mass is 35.5. The number of fused-ring (bicyclic) bond motifs is 1. The molecule has 1 N–H and O–H groups in total. The molecule has 1 aliphatic carbocycles. The van der Waals surface area contributed by atoms with Crippen LogP contribution in [0.4, 0.5) is 0 Å². The summed E-state index contributed by atoms with van der Waals surface area (Å²) >= 11 is 12.2. The lowest BCUT2D eigenvalue weighted by atomic mass is 9.85. The molecule has 0 unspecified atom stereocenters. The summed E-state index contributed by atoms with van der Waals surface area (Å²) in [7, 11) is 0. The fourth-order valence-corrected chi connectivity index (χ4v) is 4.96. The first kappa shape index (κ1) is 27.2. The van der Waals surface area contributed by atoms with Crippen molar-refractivity contribution in [2.75, 3.05) is 6.54 Å². The van der Waals surface area contributed by atoms with Gasteiger partial charge in [-0.2, -0.15) is 0 Å². The minimum Gasteiger partial charge on any atom is -0.352 e. The Kier molecular flexibility index (Phi) is 9.36. The minimum atomic E-state index is -0.706. The lowest BCUT2D eigenvalue weighted by Gasteiger charge is -2.32. The van der Waals surface area contributed by atoms with Crippen LogP contribution in [0.3, 0.4) is 0 Å². The van der Waals surface area contributed by atoms with E-state index in [0.29, 0.717) is 29.3 Å². The van der Waals surface area contributed by atoms with E-state index in [4.69, 9.17) is 23.2 Å². The van der Waals surface area contributed by atoms with E-state index in [2.05, 4.69) is 5.32 Å². The Balaban J connectivity index is 1.78. The van der Waals surface area contributed by atoms with Crippen molar-refractivity contribution in [3.63, 3.8) is 0 Å². The summed E-state index contributed by atoms with van der Waals surface area (Å²) in [6.45, 7) is 5.89. The largest absolute Gasteiger partial charge is 0.352 e. The normalized spacial score (nSPS) is 21.0. The van der Waals surface area contributed by atoms with Gasteiger partial charge in [-0.15, -0.1) is 0 Å². The number of hydrogen-bond acceptors (Lipinski definition) is 4. The predicted molar refractivity (Wildman–Crippen MR) is 136 cm³/mol. The van der Waals surface area contributed by atoms with Crippen LogP contribution in [0.1, 0.15) is 58.4 Å². The van der Waals surface area contributed by atoms with E-state index in [0.717, 1.165) is 12.0 Å². The van der Waals surface area contributed by atoms with Crippen molar-refractivity contribution in [2.24, 2.45) is 11.8 Å². The molecule has 1 aliphatic heterocycles. The third-order valence-electron chi connectivity index (χ3n) is 6.87. The molecule has 35 heavy (non-hydrogen) atoms. The maximum Gasteiger partial charge on any atom is 0.243 e. The van der Waals surface area contributed by atoms with Gasteiger partial charge in [0.05, 0.1) is 21.9 Å². The number of likely N-dealkylation sites (tertiary alicyclic amines) is 1. The van der Waals surface area contributed by atoms with Gasteiger partial charge in [-0.25, -0.2) is 0 Å². The van der Waals surface area contributed by atoms with Crippen molar-refractivity contribution in [3.05, 3.63) is 46.0 Å². The number of allylic oxidation sites excluding steroid dienone is 2. The summed E-state index contributed by atoms with van der Waals surface area (Å²) in [5.74, 6) is -1.64. The average Bonchev–Trinajstić information content (AvgIpc) is 3.09. The summed E-state index contributed by atoms with van der Waals surface area (Å²) in [5, 5.41) is 3.72. The summed E-state index contributed by atoms with van der Waals surface area (Å²) in [4.78, 5) is 54.9. The fourth-order valence-electron chi connectivity index (χ4n) is 4.64. The molecule has 4 amide bonds. The predicted octanol–water partition coefficient (Wildman–Crippen LogP) is 4.36. The smallest absolute Gasteiger partial charge is 0.243 e. The van der Waals surface area contributed by atoms with Gasteiger partial charge in [-0.3, -0.25) is 24.1 Å². The van der Waals surface area contributed by atoms with Gasteiger partial charge in [0.2, 0.25) is 23.6 Å². The molecule has 1 aromatic carbocycles. The van der Waals surface area contributed by atoms with Crippen LogP contribution in [0.5, 0.6) is 0 Å². The van der Waals surface area contributed by atoms with Crippen LogP contribution in [0.25, 0.3) is 0 Å². The highest BCUT2D eigenvalue weighted by molar-refractivity contribution is 6.42. The van der Waals surface area contributed by atoms with Crippen LogP contribution < -0.4 is 5.32 Å². The van der Waals surface area contributed by atoms with E-state index in [-0.39, 0.29) is 61.0 Å². The maximum absolute atomic E-state index is 13.5. The highest BCUT2D eigenvalue weighted by Gasteiger charge is 2.47. The van der Waals surface area contributed by atoms with Gasteiger partial charge in [-0.05, 0) is 50.3 Å². The van der Waals surface area contributed by atoms with E-state index >= 15 is 0 Å². The zero-order chi connectivity index (χ0) is 25.7. The lowest BCUT2D eigenvalue weighted by molar-refractivity contribution is -0.144. The standard InChI is InChI=1S/C26H33Cl2N3O4/c1-4-16(3)29-24(33)22(5-2)31(15-17-10-11-20(27)21(28)14-17)23(32)12-13-30-25(34)18-8-6-7-9-19(18)26(30)35/h6-7,10-11,14,16,18-19,22H,4-5,8-9,12-13,15H2,1-3H3,(H,29,33)/t16-,18-,19+,22-/m0/s1. The van der Waals surface area contributed by atoms with Crippen molar-refractivity contribution in [1.29, 1.82) is 0 Å². The highest BCUT2D eigenvalue weighted by Crippen LogP contribution is 2.35. The first-order valence-electron chi connectivity index (χ1n) is 12.2. The zero-order valence-corrected chi connectivity index (χ0v) is 21.9. The van der Waals surface area contributed by atoms with E-state index in [1.165, 1.54) is 9.80 Å². The number of nitrogens with one attached hydrogen (secondary N) is 1. The van der Waals surface area contributed by atoms with Crippen molar-refractivity contribution in [3.8, 4) is 0 Å². The number of halogens is 2. The molecule has 9 heteroatoms. The number of benzene rings is 1. The third-order valence-corrected chi connectivity index (χ3v) is 7.61. The van der Waals surface area contributed by atoms with Crippen LogP contribution >= 0.6 is 23.2 Å². The molecule has 1 saturated heterocycles. The maximum atomic E-state index is 13.5. The average molecular weight is 522 g/mol. The minimum absolute atomic E-state index is 0.00475. The van der Waals surface area contributed by atoms with Crippen LogP contribution in [-0.4, -0.2) is 52.1 Å². The second kappa shape index (κ2) is 12.0. The Labute approximate surface area is 216 Å². The summed E-state index contributed by atoms with van der Waals surface area (Å²) in [5.41, 5.74) is 0.730. The molecule has 0 aromatic heterocycles. The van der Waals surface area contributed by atoms with Gasteiger partial charge < -0.3 is 10.2 Å². The topological polar surface area (TPSA) is 86.8 Å². The molecule has 0 saturated carbocycles. The quantitative estimate of drug-likeness (QED) is 0.366. The van der Waals surface area contributed by atoms with Gasteiger partial charge in [0.1, 0.15) is 6.04 Å². The molecular weight excluding hydrogens is 489 g/mol. The molecule has 190 valence electrons. The Morgan fingerprint density at radius 2 is 1.69 bits per heavy atom. The number of carbonyl (C=O) groups is 4. The molecule has 0 spiro atoms. The number of imide groups is 1. The van der Waals surface area contributed by atoms with Gasteiger partial charge >= 0.3 is 0 Å². The Bertz CT molecular complexity index is 986. The first-order chi connectivity index (χ1) is 16.7. The first-order valence-corrected chi connectivity index (χ1v) is 13.0. The SMILES string of the molecule is CC[C@H](C)NC(=O)[C@H](CC)N(Cc1ccc(Cl)c(Cl)c1)C(=O)CCN1C(=O)[C@H]2CC=CC[C@H]2C1=O. The van der Waals surface area contributed by atoms with Crippen LogP contribution in [0.2, 0.25) is 10.0 Å². The molecule has 2 aliphatic rings. The summed E-state index contributed by atoms with van der Waals surface area (Å²) in [6, 6.07) is 4.35. The van der Waals surface area contributed by atoms with Gasteiger partial charge in [-0.1, -0.05) is 55.3 Å². The Hall–Kier alpha value is -2.38. The molecular formula is C26H33Cl2N3O4. The van der Waals surface area contributed by atoms with Crippen LogP contribution in [0.15, 0.2) is 30.4 Å². The monoisotopic (exact) mass is 521 g/mol. The van der Waals surface area contributed by atoms with Gasteiger partial charge in [0, 0.05) is 25.6 Å². The molecule has 0 bridgehead atoms. The van der Waals surface area contributed by atoms with Gasteiger partial charge in [0.25, 0.3) is 0 Å². The summed E-state index contributed by atoms with van der Waals surface area (Å²) < 4.78 is 0. The van der Waals surface area contributed by atoms with Crippen LogP contribution in [-0.2, 0) is 25.7 Å².